The summed E-state index contributed by atoms with van der Waals surface area (Å²) >= 11 is 0.562. The standard InChI is InChI=1S/C15H22F3NOS/c1-14(2,3)10-6-4-9(5-7-10)12(20)11-8-19-13(21-11)15(16,17)18/h8-10,12,20H,4-7H2,1-3H3. The summed E-state index contributed by atoms with van der Waals surface area (Å²) in [5.74, 6) is 0.665. The largest absolute Gasteiger partial charge is 0.443 e. The molecule has 0 saturated heterocycles. The molecule has 1 saturated carbocycles. The number of aliphatic hydroxyl groups excluding tert-OH is 1. The Labute approximate surface area is 127 Å². The monoisotopic (exact) mass is 321 g/mol. The number of halogens is 3. The van der Waals surface area contributed by atoms with Crippen LogP contribution < -0.4 is 0 Å². The zero-order chi connectivity index (χ0) is 15.8. The Morgan fingerprint density at radius 2 is 1.76 bits per heavy atom. The summed E-state index contributed by atoms with van der Waals surface area (Å²) in [4.78, 5) is 3.73. The minimum Gasteiger partial charge on any atom is -0.387 e. The van der Waals surface area contributed by atoms with Gasteiger partial charge in [-0.05, 0) is 42.9 Å². The van der Waals surface area contributed by atoms with Crippen molar-refractivity contribution in [2.24, 2.45) is 17.3 Å². The van der Waals surface area contributed by atoms with Gasteiger partial charge in [0.2, 0.25) is 0 Å². The van der Waals surface area contributed by atoms with Gasteiger partial charge in [0, 0.05) is 6.20 Å². The zero-order valence-corrected chi connectivity index (χ0v) is 13.4. The smallest absolute Gasteiger partial charge is 0.387 e. The maximum absolute atomic E-state index is 12.6. The second-order valence-electron chi connectivity index (χ2n) is 6.99. The van der Waals surface area contributed by atoms with E-state index in [0.29, 0.717) is 22.1 Å². The highest BCUT2D eigenvalue weighted by Crippen LogP contribution is 2.44. The third-order valence-electron chi connectivity index (χ3n) is 4.50. The lowest BCUT2D eigenvalue weighted by molar-refractivity contribution is -0.137. The van der Waals surface area contributed by atoms with E-state index in [1.165, 1.54) is 6.20 Å². The molecule has 1 aliphatic rings. The molecule has 1 atom stereocenters. The van der Waals surface area contributed by atoms with Crippen molar-refractivity contribution < 1.29 is 18.3 Å². The minimum absolute atomic E-state index is 0.0464. The highest BCUT2D eigenvalue weighted by Gasteiger charge is 2.37. The molecule has 21 heavy (non-hydrogen) atoms. The predicted molar refractivity (Wildman–Crippen MR) is 77.0 cm³/mol. The van der Waals surface area contributed by atoms with Crippen molar-refractivity contribution in [3.63, 3.8) is 0 Å². The fourth-order valence-electron chi connectivity index (χ4n) is 3.09. The molecule has 0 aromatic carbocycles. The highest BCUT2D eigenvalue weighted by molar-refractivity contribution is 7.11. The van der Waals surface area contributed by atoms with E-state index in [1.807, 2.05) is 0 Å². The van der Waals surface area contributed by atoms with Crippen molar-refractivity contribution in [1.29, 1.82) is 0 Å². The Kier molecular flexibility index (Phi) is 4.69. The Bertz CT molecular complexity index is 470. The summed E-state index contributed by atoms with van der Waals surface area (Å²) < 4.78 is 37.7. The molecule has 0 bridgehead atoms. The van der Waals surface area contributed by atoms with E-state index in [-0.39, 0.29) is 11.3 Å². The summed E-state index contributed by atoms with van der Waals surface area (Å²) in [5.41, 5.74) is 0.254. The third kappa shape index (κ3) is 3.97. The quantitative estimate of drug-likeness (QED) is 0.827. The molecule has 1 aromatic rings. The van der Waals surface area contributed by atoms with Crippen molar-refractivity contribution in [3.05, 3.63) is 16.1 Å². The van der Waals surface area contributed by atoms with Crippen LogP contribution in [0.2, 0.25) is 0 Å². The molecule has 1 aromatic heterocycles. The fourth-order valence-corrected chi connectivity index (χ4v) is 3.95. The van der Waals surface area contributed by atoms with Crippen LogP contribution in [0.4, 0.5) is 13.2 Å². The highest BCUT2D eigenvalue weighted by atomic mass is 32.1. The maximum atomic E-state index is 12.6. The van der Waals surface area contributed by atoms with Gasteiger partial charge in [0.15, 0.2) is 5.01 Å². The normalized spacial score (nSPS) is 25.9. The topological polar surface area (TPSA) is 33.1 Å². The average molecular weight is 321 g/mol. The van der Waals surface area contributed by atoms with Gasteiger partial charge in [0.25, 0.3) is 0 Å². The zero-order valence-electron chi connectivity index (χ0n) is 12.6. The molecular formula is C15H22F3NOS. The van der Waals surface area contributed by atoms with Crippen LogP contribution in [-0.2, 0) is 6.18 Å². The number of hydrogen-bond acceptors (Lipinski definition) is 3. The molecular weight excluding hydrogens is 299 g/mol. The van der Waals surface area contributed by atoms with Gasteiger partial charge in [0.05, 0.1) is 11.0 Å². The molecule has 0 spiro atoms. The van der Waals surface area contributed by atoms with Gasteiger partial charge < -0.3 is 5.11 Å². The van der Waals surface area contributed by atoms with Gasteiger partial charge in [-0.1, -0.05) is 20.8 Å². The van der Waals surface area contributed by atoms with E-state index in [9.17, 15) is 18.3 Å². The van der Waals surface area contributed by atoms with Gasteiger partial charge in [-0.25, -0.2) is 4.98 Å². The first-order valence-corrected chi connectivity index (χ1v) is 8.11. The van der Waals surface area contributed by atoms with Crippen LogP contribution in [0.5, 0.6) is 0 Å². The van der Waals surface area contributed by atoms with E-state index in [2.05, 4.69) is 25.8 Å². The van der Waals surface area contributed by atoms with Crippen LogP contribution in [0.1, 0.15) is 62.4 Å². The molecule has 2 nitrogen and oxygen atoms in total. The summed E-state index contributed by atoms with van der Waals surface area (Å²) in [5, 5.41) is 9.44. The van der Waals surface area contributed by atoms with E-state index in [0.717, 1.165) is 25.7 Å². The van der Waals surface area contributed by atoms with Crippen molar-refractivity contribution in [3.8, 4) is 0 Å². The summed E-state index contributed by atoms with van der Waals surface area (Å²) in [6, 6.07) is 0. The lowest BCUT2D eigenvalue weighted by atomic mass is 9.69. The predicted octanol–water partition coefficient (Wildman–Crippen LogP) is 5.05. The van der Waals surface area contributed by atoms with Crippen LogP contribution in [0.3, 0.4) is 0 Å². The van der Waals surface area contributed by atoms with Gasteiger partial charge in [-0.3, -0.25) is 0 Å². The summed E-state index contributed by atoms with van der Waals surface area (Å²) in [6.45, 7) is 6.65. The Morgan fingerprint density at radius 3 is 2.19 bits per heavy atom. The Balaban J connectivity index is 1.99. The Morgan fingerprint density at radius 1 is 1.19 bits per heavy atom. The first-order chi connectivity index (χ1) is 9.59. The minimum atomic E-state index is -4.42. The van der Waals surface area contributed by atoms with Gasteiger partial charge in [-0.2, -0.15) is 13.2 Å². The maximum Gasteiger partial charge on any atom is 0.443 e. The number of alkyl halides is 3. The molecule has 1 aliphatic carbocycles. The molecule has 6 heteroatoms. The average Bonchev–Trinajstić information content (AvgIpc) is 2.86. The number of hydrogen-bond donors (Lipinski definition) is 1. The van der Waals surface area contributed by atoms with E-state index >= 15 is 0 Å². The first-order valence-electron chi connectivity index (χ1n) is 7.30. The van der Waals surface area contributed by atoms with Crippen LogP contribution >= 0.6 is 11.3 Å². The van der Waals surface area contributed by atoms with Crippen LogP contribution in [-0.4, -0.2) is 10.1 Å². The summed E-state index contributed by atoms with van der Waals surface area (Å²) in [6.07, 6.45) is -0.295. The molecule has 2 rings (SSSR count). The van der Waals surface area contributed by atoms with E-state index in [1.54, 1.807) is 0 Å². The SMILES string of the molecule is CC(C)(C)C1CCC(C(O)c2cnc(C(F)(F)F)s2)CC1. The van der Waals surface area contributed by atoms with Gasteiger partial charge in [-0.15, -0.1) is 11.3 Å². The Hall–Kier alpha value is -0.620. The molecule has 0 radical (unpaired) electrons. The van der Waals surface area contributed by atoms with Crippen molar-refractivity contribution in [1.82, 2.24) is 4.98 Å². The molecule has 1 unspecified atom stereocenters. The number of thiazole rings is 1. The molecule has 0 amide bonds. The molecule has 1 heterocycles. The van der Waals surface area contributed by atoms with Crippen molar-refractivity contribution in [2.75, 3.05) is 0 Å². The second kappa shape index (κ2) is 5.88. The molecule has 0 aliphatic heterocycles. The molecule has 120 valence electrons. The number of aromatic nitrogens is 1. The van der Waals surface area contributed by atoms with Crippen LogP contribution in [0, 0.1) is 17.3 Å². The first kappa shape index (κ1) is 16.7. The van der Waals surface area contributed by atoms with Crippen molar-refractivity contribution >= 4 is 11.3 Å². The number of aliphatic hydroxyl groups is 1. The second-order valence-corrected chi connectivity index (χ2v) is 8.05. The van der Waals surface area contributed by atoms with E-state index < -0.39 is 17.3 Å². The van der Waals surface area contributed by atoms with Crippen LogP contribution in [0.15, 0.2) is 6.20 Å². The van der Waals surface area contributed by atoms with Gasteiger partial charge >= 0.3 is 6.18 Å². The van der Waals surface area contributed by atoms with Gasteiger partial charge in [0.1, 0.15) is 0 Å². The lowest BCUT2D eigenvalue weighted by Crippen LogP contribution is -2.27. The number of nitrogens with zero attached hydrogens (tertiary/aromatic N) is 1. The third-order valence-corrected chi connectivity index (χ3v) is 5.61. The van der Waals surface area contributed by atoms with E-state index in [4.69, 9.17) is 0 Å². The lowest BCUT2D eigenvalue weighted by Gasteiger charge is -2.38. The summed E-state index contributed by atoms with van der Waals surface area (Å²) in [7, 11) is 0. The number of rotatable bonds is 2. The molecule has 1 fully saturated rings. The fraction of sp³-hybridized carbons (Fsp3) is 0.800. The van der Waals surface area contributed by atoms with Crippen molar-refractivity contribution in [2.45, 2.75) is 58.7 Å². The van der Waals surface area contributed by atoms with Crippen LogP contribution in [0.25, 0.3) is 0 Å². The molecule has 1 N–H and O–H groups in total.